The highest BCUT2D eigenvalue weighted by atomic mass is 15.5. The molecule has 0 fully saturated rings. The summed E-state index contributed by atoms with van der Waals surface area (Å²) in [7, 11) is 0. The van der Waals surface area contributed by atoms with Crippen LogP contribution < -0.4 is 0 Å². The Hall–Kier alpha value is -3.46. The summed E-state index contributed by atoms with van der Waals surface area (Å²) in [5, 5.41) is 15.0. The molecule has 4 rings (SSSR count). The lowest BCUT2D eigenvalue weighted by atomic mass is 10.1. The molecule has 0 aliphatic heterocycles. The third-order valence-electron chi connectivity index (χ3n) is 3.26. The van der Waals surface area contributed by atoms with Crippen molar-refractivity contribution in [3.8, 4) is 23.2 Å². The average molecular weight is 286 g/mol. The van der Waals surface area contributed by atoms with Crippen LogP contribution in [-0.4, -0.2) is 30.6 Å². The molecule has 6 nitrogen and oxygen atoms in total. The number of rotatable bonds is 1. The minimum absolute atomic E-state index is 0.556. The van der Waals surface area contributed by atoms with Gasteiger partial charge >= 0.3 is 0 Å². The molecule has 0 saturated carbocycles. The van der Waals surface area contributed by atoms with E-state index in [1.807, 2.05) is 42.6 Å². The molecule has 0 spiro atoms. The fourth-order valence-corrected chi connectivity index (χ4v) is 2.22. The molecule has 0 saturated heterocycles. The topological polar surface area (TPSA) is 83.1 Å². The van der Waals surface area contributed by atoms with Crippen LogP contribution in [0.1, 0.15) is 11.1 Å². The minimum atomic E-state index is 0.556. The molecule has 22 heavy (non-hydrogen) atoms. The molecule has 104 valence electrons. The number of nitrogens with zero attached hydrogens (tertiary/aromatic N) is 4. The Bertz CT molecular complexity index is 988. The van der Waals surface area contributed by atoms with Gasteiger partial charge in [-0.1, -0.05) is 24.0 Å². The predicted octanol–water partition coefficient (Wildman–Crippen LogP) is 2.14. The van der Waals surface area contributed by atoms with Gasteiger partial charge in [-0.05, 0) is 29.5 Å². The lowest BCUT2D eigenvalue weighted by Gasteiger charge is -1.95. The van der Waals surface area contributed by atoms with Crippen LogP contribution in [0.3, 0.4) is 0 Å². The van der Waals surface area contributed by atoms with Gasteiger partial charge in [0.05, 0.1) is 5.56 Å². The second-order valence-corrected chi connectivity index (χ2v) is 4.67. The van der Waals surface area contributed by atoms with Crippen molar-refractivity contribution in [1.82, 2.24) is 30.6 Å². The van der Waals surface area contributed by atoms with Crippen molar-refractivity contribution in [3.05, 3.63) is 59.9 Å². The van der Waals surface area contributed by atoms with Gasteiger partial charge in [-0.25, -0.2) is 4.98 Å². The molecule has 0 amide bonds. The number of nitrogens with one attached hydrogen (secondary N) is 2. The molecule has 0 radical (unpaired) electrons. The van der Waals surface area contributed by atoms with Gasteiger partial charge in [-0.2, -0.15) is 5.21 Å². The zero-order chi connectivity index (χ0) is 14.8. The molecule has 0 aliphatic carbocycles. The van der Waals surface area contributed by atoms with E-state index in [0.717, 1.165) is 27.7 Å². The van der Waals surface area contributed by atoms with Gasteiger partial charge in [0.25, 0.3) is 0 Å². The van der Waals surface area contributed by atoms with Crippen molar-refractivity contribution >= 4 is 11.0 Å². The number of hydrogen-bond donors (Lipinski definition) is 2. The summed E-state index contributed by atoms with van der Waals surface area (Å²) in [5.74, 6) is 6.88. The molecule has 3 heterocycles. The molecule has 3 aromatic heterocycles. The lowest BCUT2D eigenvalue weighted by Crippen LogP contribution is -1.83. The zero-order valence-corrected chi connectivity index (χ0v) is 11.4. The molecule has 0 aliphatic rings. The number of aromatic amines is 2. The molecule has 4 aromatic rings. The molecule has 1 aromatic carbocycles. The molecule has 0 unspecified atom stereocenters. The van der Waals surface area contributed by atoms with E-state index in [4.69, 9.17) is 0 Å². The summed E-state index contributed by atoms with van der Waals surface area (Å²) in [6.07, 6.45) is 3.62. The number of pyridine rings is 1. The highest BCUT2D eigenvalue weighted by Gasteiger charge is 2.03. The van der Waals surface area contributed by atoms with Crippen molar-refractivity contribution in [1.29, 1.82) is 0 Å². The zero-order valence-electron chi connectivity index (χ0n) is 11.4. The monoisotopic (exact) mass is 286 g/mol. The maximum atomic E-state index is 4.25. The van der Waals surface area contributed by atoms with E-state index in [1.165, 1.54) is 0 Å². The SMILES string of the molecule is C(#Cc1c[nH]c2ncccc12)c1cccc(-c2nn[nH]n2)c1. The highest BCUT2D eigenvalue weighted by Crippen LogP contribution is 2.16. The number of H-pyrrole nitrogens is 2. The van der Waals surface area contributed by atoms with Crippen LogP contribution in [0.2, 0.25) is 0 Å². The Balaban J connectivity index is 1.71. The Morgan fingerprint density at radius 3 is 2.95 bits per heavy atom. The second kappa shape index (κ2) is 5.14. The van der Waals surface area contributed by atoms with Gasteiger partial charge in [-0.15, -0.1) is 10.2 Å². The second-order valence-electron chi connectivity index (χ2n) is 4.67. The van der Waals surface area contributed by atoms with E-state index >= 15 is 0 Å². The average Bonchev–Trinajstić information content (AvgIpc) is 3.23. The van der Waals surface area contributed by atoms with E-state index in [9.17, 15) is 0 Å². The maximum Gasteiger partial charge on any atom is 0.204 e. The van der Waals surface area contributed by atoms with Crippen LogP contribution in [0.5, 0.6) is 0 Å². The van der Waals surface area contributed by atoms with Crippen LogP contribution in [0, 0.1) is 11.8 Å². The number of hydrogen-bond acceptors (Lipinski definition) is 4. The molecule has 0 atom stereocenters. The molecule has 2 N–H and O–H groups in total. The van der Waals surface area contributed by atoms with Crippen LogP contribution >= 0.6 is 0 Å². The summed E-state index contributed by atoms with van der Waals surface area (Å²) < 4.78 is 0. The maximum absolute atomic E-state index is 4.25. The molecular weight excluding hydrogens is 276 g/mol. The van der Waals surface area contributed by atoms with Crippen LogP contribution in [0.4, 0.5) is 0 Å². The first-order chi connectivity index (χ1) is 10.9. The Labute approximate surface area is 125 Å². The van der Waals surface area contributed by atoms with E-state index in [0.29, 0.717) is 5.82 Å². The van der Waals surface area contributed by atoms with Gasteiger partial charge in [0.1, 0.15) is 5.65 Å². The van der Waals surface area contributed by atoms with Crippen molar-refractivity contribution in [2.24, 2.45) is 0 Å². The minimum Gasteiger partial charge on any atom is -0.345 e. The van der Waals surface area contributed by atoms with E-state index in [1.54, 1.807) is 6.20 Å². The van der Waals surface area contributed by atoms with E-state index in [-0.39, 0.29) is 0 Å². The van der Waals surface area contributed by atoms with Crippen molar-refractivity contribution in [2.75, 3.05) is 0 Å². The van der Waals surface area contributed by atoms with Crippen LogP contribution in [0.25, 0.3) is 22.4 Å². The van der Waals surface area contributed by atoms with Gasteiger partial charge in [-0.3, -0.25) is 0 Å². The largest absolute Gasteiger partial charge is 0.345 e. The Kier molecular flexibility index (Phi) is 2.87. The fraction of sp³-hybridized carbons (Fsp3) is 0. The van der Waals surface area contributed by atoms with Crippen LogP contribution in [0.15, 0.2) is 48.8 Å². The normalized spacial score (nSPS) is 10.4. The Morgan fingerprint density at radius 2 is 2.05 bits per heavy atom. The molecule has 6 heteroatoms. The van der Waals surface area contributed by atoms with Crippen molar-refractivity contribution in [2.45, 2.75) is 0 Å². The van der Waals surface area contributed by atoms with Crippen molar-refractivity contribution < 1.29 is 0 Å². The predicted molar refractivity (Wildman–Crippen MR) is 81.7 cm³/mol. The number of fused-ring (bicyclic) bond motifs is 1. The first-order valence-corrected chi connectivity index (χ1v) is 6.68. The standard InChI is InChI=1S/C16H10N6/c1-3-11(9-12(4-1)15-19-21-22-20-15)6-7-13-10-18-16-14(13)5-2-8-17-16/h1-5,8-10H,(H,17,18)(H,19,20,21,22). The molecule has 0 bridgehead atoms. The van der Waals surface area contributed by atoms with Gasteiger partial charge in [0, 0.05) is 28.9 Å². The van der Waals surface area contributed by atoms with Gasteiger partial charge < -0.3 is 4.98 Å². The summed E-state index contributed by atoms with van der Waals surface area (Å²) in [5.41, 5.74) is 3.53. The number of tetrazole rings is 1. The summed E-state index contributed by atoms with van der Waals surface area (Å²) in [6.45, 7) is 0. The van der Waals surface area contributed by atoms with Gasteiger partial charge in [0.2, 0.25) is 5.82 Å². The number of benzene rings is 1. The Morgan fingerprint density at radius 1 is 1.05 bits per heavy atom. The van der Waals surface area contributed by atoms with Crippen molar-refractivity contribution in [3.63, 3.8) is 0 Å². The number of aromatic nitrogens is 6. The quantitative estimate of drug-likeness (QED) is 0.525. The smallest absolute Gasteiger partial charge is 0.204 e. The third-order valence-corrected chi connectivity index (χ3v) is 3.26. The summed E-state index contributed by atoms with van der Waals surface area (Å²) in [4.78, 5) is 7.37. The third kappa shape index (κ3) is 2.21. The first kappa shape index (κ1) is 12.3. The van der Waals surface area contributed by atoms with E-state index in [2.05, 4.69) is 42.4 Å². The summed E-state index contributed by atoms with van der Waals surface area (Å²) in [6, 6.07) is 11.6. The van der Waals surface area contributed by atoms with Gasteiger partial charge in [0.15, 0.2) is 0 Å². The lowest BCUT2D eigenvalue weighted by molar-refractivity contribution is 0.881. The summed E-state index contributed by atoms with van der Waals surface area (Å²) >= 11 is 0. The first-order valence-electron chi connectivity index (χ1n) is 6.68. The van der Waals surface area contributed by atoms with E-state index < -0.39 is 0 Å². The highest BCUT2D eigenvalue weighted by molar-refractivity contribution is 5.83. The van der Waals surface area contributed by atoms with Crippen LogP contribution in [-0.2, 0) is 0 Å². The fourth-order valence-electron chi connectivity index (χ4n) is 2.22. The molecular formula is C16H10N6.